The van der Waals surface area contributed by atoms with Crippen molar-refractivity contribution in [2.75, 3.05) is 12.4 Å². The Bertz CT molecular complexity index is 708. The lowest BCUT2D eigenvalue weighted by Crippen LogP contribution is -2.23. The molecule has 0 saturated heterocycles. The van der Waals surface area contributed by atoms with Crippen LogP contribution in [0.15, 0.2) is 30.5 Å². The molecule has 3 rings (SSSR count). The average molecular weight is 296 g/mol. The van der Waals surface area contributed by atoms with E-state index in [2.05, 4.69) is 15.7 Å². The molecule has 0 radical (unpaired) electrons. The van der Waals surface area contributed by atoms with Gasteiger partial charge in [-0.25, -0.2) is 4.68 Å². The van der Waals surface area contributed by atoms with Crippen molar-refractivity contribution in [1.29, 1.82) is 0 Å². The fourth-order valence-electron chi connectivity index (χ4n) is 2.30. The number of hydrogen-bond donors (Lipinski definition) is 2. The summed E-state index contributed by atoms with van der Waals surface area (Å²) in [5.74, 6) is -0.193. The van der Waals surface area contributed by atoms with Crippen molar-refractivity contribution in [2.24, 2.45) is 0 Å². The zero-order valence-electron chi connectivity index (χ0n) is 10.9. The summed E-state index contributed by atoms with van der Waals surface area (Å²) < 4.78 is 38.8. The molecular formula is C13H11F3N4O. The van der Waals surface area contributed by atoms with Crippen LogP contribution in [0.3, 0.4) is 0 Å². The van der Waals surface area contributed by atoms with Gasteiger partial charge in [-0.05, 0) is 25.2 Å². The van der Waals surface area contributed by atoms with Crippen LogP contribution in [0.4, 0.5) is 18.9 Å². The number of alkyl halides is 3. The molecule has 1 aromatic heterocycles. The van der Waals surface area contributed by atoms with Crippen molar-refractivity contribution in [1.82, 2.24) is 15.1 Å². The fraction of sp³-hybridized carbons (Fsp3) is 0.231. The van der Waals surface area contributed by atoms with E-state index in [0.717, 1.165) is 16.3 Å². The van der Waals surface area contributed by atoms with Gasteiger partial charge in [-0.15, -0.1) is 0 Å². The van der Waals surface area contributed by atoms with E-state index in [1.807, 2.05) is 0 Å². The van der Waals surface area contributed by atoms with Crippen molar-refractivity contribution in [3.05, 3.63) is 41.7 Å². The molecule has 0 fully saturated rings. The highest BCUT2D eigenvalue weighted by Gasteiger charge is 2.34. The van der Waals surface area contributed by atoms with Crippen LogP contribution in [-0.2, 0) is 11.0 Å². The molecule has 1 aliphatic rings. The van der Waals surface area contributed by atoms with Gasteiger partial charge < -0.3 is 10.6 Å². The maximum Gasteiger partial charge on any atom is 0.435 e. The zero-order chi connectivity index (χ0) is 15.2. The summed E-state index contributed by atoms with van der Waals surface area (Å²) in [5, 5.41) is 9.05. The summed E-state index contributed by atoms with van der Waals surface area (Å²) in [5.41, 5.74) is 0.816. The number of amides is 1. The Labute approximate surface area is 117 Å². The molecule has 1 unspecified atom stereocenters. The Hall–Kier alpha value is -2.35. The predicted molar refractivity (Wildman–Crippen MR) is 69.0 cm³/mol. The normalized spacial score (nSPS) is 17.7. The fourth-order valence-corrected chi connectivity index (χ4v) is 2.30. The number of rotatable bonds is 2. The molecule has 0 aliphatic carbocycles. The van der Waals surface area contributed by atoms with E-state index in [-0.39, 0.29) is 5.91 Å². The number of nitrogens with zero attached hydrogens (tertiary/aromatic N) is 2. The van der Waals surface area contributed by atoms with Crippen molar-refractivity contribution < 1.29 is 18.0 Å². The molecule has 0 saturated carbocycles. The zero-order valence-corrected chi connectivity index (χ0v) is 10.9. The molecule has 2 aromatic rings. The van der Waals surface area contributed by atoms with Gasteiger partial charge in [0.2, 0.25) is 5.91 Å². The standard InChI is InChI=1S/C13H11F3N4O/c1-17-11-8-3-2-7(6-9(8)18-12(11)21)20-5-4-10(19-20)13(14,15)16/h2-6,11,17H,1H3,(H,18,21). The minimum Gasteiger partial charge on any atom is -0.324 e. The van der Waals surface area contributed by atoms with Crippen LogP contribution in [0.1, 0.15) is 17.3 Å². The topological polar surface area (TPSA) is 59.0 Å². The quantitative estimate of drug-likeness (QED) is 0.892. The lowest BCUT2D eigenvalue weighted by atomic mass is 10.1. The van der Waals surface area contributed by atoms with Gasteiger partial charge in [0.25, 0.3) is 0 Å². The smallest absolute Gasteiger partial charge is 0.324 e. The molecular weight excluding hydrogens is 285 g/mol. The van der Waals surface area contributed by atoms with Gasteiger partial charge in [0, 0.05) is 17.4 Å². The number of benzene rings is 1. The molecule has 1 aromatic carbocycles. The van der Waals surface area contributed by atoms with Gasteiger partial charge in [0.05, 0.1) is 5.69 Å². The number of hydrogen-bond acceptors (Lipinski definition) is 3. The summed E-state index contributed by atoms with van der Waals surface area (Å²) in [7, 11) is 1.66. The SMILES string of the molecule is CNC1C(=O)Nc2cc(-n3ccc(C(F)(F)F)n3)ccc21. The molecule has 1 aliphatic heterocycles. The maximum atomic E-state index is 12.5. The Morgan fingerprint density at radius 1 is 1.33 bits per heavy atom. The molecule has 0 bridgehead atoms. The van der Waals surface area contributed by atoms with Crippen LogP contribution in [-0.4, -0.2) is 22.7 Å². The monoisotopic (exact) mass is 296 g/mol. The van der Waals surface area contributed by atoms with Gasteiger partial charge in [0.1, 0.15) is 6.04 Å². The lowest BCUT2D eigenvalue weighted by molar-refractivity contribution is -0.141. The molecule has 21 heavy (non-hydrogen) atoms. The highest BCUT2D eigenvalue weighted by molar-refractivity contribution is 6.02. The highest BCUT2D eigenvalue weighted by Crippen LogP contribution is 2.33. The van der Waals surface area contributed by atoms with E-state index >= 15 is 0 Å². The van der Waals surface area contributed by atoms with Crippen molar-refractivity contribution in [2.45, 2.75) is 12.2 Å². The number of aromatic nitrogens is 2. The Morgan fingerprint density at radius 3 is 2.71 bits per heavy atom. The predicted octanol–water partition coefficient (Wildman–Crippen LogP) is 2.10. The summed E-state index contributed by atoms with van der Waals surface area (Å²) in [6.45, 7) is 0. The number of carbonyl (C=O) groups excluding carboxylic acids is 1. The number of carbonyl (C=O) groups is 1. The maximum absolute atomic E-state index is 12.5. The van der Waals surface area contributed by atoms with Crippen LogP contribution in [0.2, 0.25) is 0 Å². The molecule has 2 heterocycles. The first-order valence-electron chi connectivity index (χ1n) is 6.15. The third-order valence-electron chi connectivity index (χ3n) is 3.30. The van der Waals surface area contributed by atoms with Gasteiger partial charge in [-0.3, -0.25) is 4.79 Å². The van der Waals surface area contributed by atoms with Gasteiger partial charge in [-0.2, -0.15) is 18.3 Å². The minimum atomic E-state index is -4.48. The highest BCUT2D eigenvalue weighted by atomic mass is 19.4. The minimum absolute atomic E-state index is 0.193. The van der Waals surface area contributed by atoms with Gasteiger partial charge >= 0.3 is 6.18 Å². The number of halogens is 3. The van der Waals surface area contributed by atoms with Crippen LogP contribution < -0.4 is 10.6 Å². The van der Waals surface area contributed by atoms with E-state index < -0.39 is 17.9 Å². The van der Waals surface area contributed by atoms with E-state index in [4.69, 9.17) is 0 Å². The summed E-state index contributed by atoms with van der Waals surface area (Å²) >= 11 is 0. The molecule has 1 atom stereocenters. The third kappa shape index (κ3) is 2.27. The largest absolute Gasteiger partial charge is 0.435 e. The number of anilines is 1. The molecule has 5 nitrogen and oxygen atoms in total. The second kappa shape index (κ2) is 4.59. The van der Waals surface area contributed by atoms with Gasteiger partial charge in [-0.1, -0.05) is 6.07 Å². The first kappa shape index (κ1) is 13.6. The number of fused-ring (bicyclic) bond motifs is 1. The van der Waals surface area contributed by atoms with Crippen LogP contribution in [0.25, 0.3) is 5.69 Å². The lowest BCUT2D eigenvalue weighted by Gasteiger charge is -2.08. The summed E-state index contributed by atoms with van der Waals surface area (Å²) in [6, 6.07) is 5.37. The first-order valence-corrected chi connectivity index (χ1v) is 6.15. The van der Waals surface area contributed by atoms with E-state index in [1.165, 1.54) is 6.20 Å². The van der Waals surface area contributed by atoms with Crippen LogP contribution >= 0.6 is 0 Å². The number of likely N-dealkylation sites (N-methyl/N-ethyl adjacent to an activating group) is 1. The second-order valence-electron chi connectivity index (χ2n) is 4.63. The summed E-state index contributed by atoms with van der Waals surface area (Å²) in [6.07, 6.45) is -3.25. The second-order valence-corrected chi connectivity index (χ2v) is 4.63. The first-order chi connectivity index (χ1) is 9.90. The molecule has 2 N–H and O–H groups in total. The Kier molecular flexibility index (Phi) is 2.98. The molecule has 0 spiro atoms. The van der Waals surface area contributed by atoms with Crippen molar-refractivity contribution in [3.8, 4) is 5.69 Å². The molecule has 1 amide bonds. The van der Waals surface area contributed by atoms with E-state index in [1.54, 1.807) is 25.2 Å². The van der Waals surface area contributed by atoms with Crippen LogP contribution in [0.5, 0.6) is 0 Å². The van der Waals surface area contributed by atoms with E-state index in [0.29, 0.717) is 11.4 Å². The van der Waals surface area contributed by atoms with E-state index in [9.17, 15) is 18.0 Å². The van der Waals surface area contributed by atoms with Gasteiger partial charge in [0.15, 0.2) is 5.69 Å². The molecule has 110 valence electrons. The molecule has 8 heteroatoms. The Morgan fingerprint density at radius 2 is 2.10 bits per heavy atom. The average Bonchev–Trinajstić information content (AvgIpc) is 3.00. The van der Waals surface area contributed by atoms with Crippen molar-refractivity contribution in [3.63, 3.8) is 0 Å². The Balaban J connectivity index is 1.97. The van der Waals surface area contributed by atoms with Crippen LogP contribution in [0, 0.1) is 0 Å². The third-order valence-corrected chi connectivity index (χ3v) is 3.30. The summed E-state index contributed by atoms with van der Waals surface area (Å²) in [4.78, 5) is 11.7. The van der Waals surface area contributed by atoms with Crippen molar-refractivity contribution >= 4 is 11.6 Å². The number of nitrogens with one attached hydrogen (secondary N) is 2.